The van der Waals surface area contributed by atoms with E-state index < -0.39 is 48.7 Å². The third kappa shape index (κ3) is 5.42. The zero-order chi connectivity index (χ0) is 25.1. The third-order valence-corrected chi connectivity index (χ3v) is 5.47. The number of benzene rings is 2. The lowest BCUT2D eigenvalue weighted by Crippen LogP contribution is -2.60. The highest BCUT2D eigenvalue weighted by Crippen LogP contribution is 2.37. The van der Waals surface area contributed by atoms with Gasteiger partial charge in [-0.15, -0.1) is 0 Å². The molecule has 4 N–H and O–H groups in total. The van der Waals surface area contributed by atoms with Crippen LogP contribution in [-0.4, -0.2) is 63.8 Å². The number of aliphatic hydroxyl groups excluding tert-OH is 4. The molecular weight excluding hydrogens is 460 g/mol. The van der Waals surface area contributed by atoms with Crippen LogP contribution in [0.25, 0.3) is 11.0 Å². The van der Waals surface area contributed by atoms with E-state index in [1.807, 2.05) is 44.2 Å². The molecule has 1 fully saturated rings. The van der Waals surface area contributed by atoms with Crippen LogP contribution in [0.4, 0.5) is 0 Å². The monoisotopic (exact) mass is 488 g/mol. The molecule has 3 aromatic rings. The van der Waals surface area contributed by atoms with Crippen LogP contribution in [0.3, 0.4) is 0 Å². The molecule has 0 aliphatic carbocycles. The summed E-state index contributed by atoms with van der Waals surface area (Å²) in [4.78, 5) is 13.0. The van der Waals surface area contributed by atoms with Crippen molar-refractivity contribution < 1.29 is 43.8 Å². The summed E-state index contributed by atoms with van der Waals surface area (Å²) in [7, 11) is 0. The van der Waals surface area contributed by atoms with Gasteiger partial charge in [0.15, 0.2) is 5.75 Å². The van der Waals surface area contributed by atoms with E-state index in [-0.39, 0.29) is 24.0 Å². The number of ether oxygens (including phenoxy) is 4. The SMILES string of the molecule is CC(C)Oc1ccc2c(OCc3ccccc3)c(O[C@@H]3O[C@H](CO)[C@@H](O)[C@H](O)[C@@H]3O)c(=O)oc2c1. The van der Waals surface area contributed by atoms with Gasteiger partial charge in [-0.2, -0.15) is 0 Å². The third-order valence-electron chi connectivity index (χ3n) is 5.47. The van der Waals surface area contributed by atoms with E-state index in [2.05, 4.69) is 0 Å². The second-order valence-electron chi connectivity index (χ2n) is 8.46. The van der Waals surface area contributed by atoms with Gasteiger partial charge in [0.2, 0.25) is 6.29 Å². The molecule has 1 saturated heterocycles. The van der Waals surface area contributed by atoms with Crippen LogP contribution in [0.15, 0.2) is 57.7 Å². The van der Waals surface area contributed by atoms with Crippen molar-refractivity contribution >= 4 is 11.0 Å². The topological polar surface area (TPSA) is 148 Å². The molecule has 0 saturated carbocycles. The highest BCUT2D eigenvalue weighted by atomic mass is 16.7. The molecular formula is C25H28O10. The first-order chi connectivity index (χ1) is 16.8. The van der Waals surface area contributed by atoms with Crippen LogP contribution in [-0.2, 0) is 11.3 Å². The number of hydrogen-bond donors (Lipinski definition) is 4. The number of rotatable bonds is 8. The van der Waals surface area contributed by atoms with Crippen LogP contribution in [0.5, 0.6) is 17.2 Å². The summed E-state index contributed by atoms with van der Waals surface area (Å²) < 4.78 is 28.2. The first-order valence-corrected chi connectivity index (χ1v) is 11.2. The zero-order valence-corrected chi connectivity index (χ0v) is 19.2. The van der Waals surface area contributed by atoms with Crippen molar-refractivity contribution in [3.63, 3.8) is 0 Å². The van der Waals surface area contributed by atoms with Crippen molar-refractivity contribution in [2.75, 3.05) is 6.61 Å². The average Bonchev–Trinajstić information content (AvgIpc) is 2.84. The van der Waals surface area contributed by atoms with Gasteiger partial charge in [0, 0.05) is 6.07 Å². The summed E-state index contributed by atoms with van der Waals surface area (Å²) in [6, 6.07) is 14.1. The Morgan fingerprint density at radius 1 is 0.971 bits per heavy atom. The van der Waals surface area contributed by atoms with Crippen molar-refractivity contribution in [1.29, 1.82) is 0 Å². The van der Waals surface area contributed by atoms with Crippen LogP contribution < -0.4 is 19.8 Å². The molecule has 1 aliphatic rings. The number of hydrogen-bond acceptors (Lipinski definition) is 10. The Morgan fingerprint density at radius 3 is 2.40 bits per heavy atom. The normalized spacial score (nSPS) is 24.5. The maximum atomic E-state index is 13.0. The molecule has 4 rings (SSSR count). The summed E-state index contributed by atoms with van der Waals surface area (Å²) in [6.45, 7) is 3.18. The quantitative estimate of drug-likeness (QED) is 0.342. The molecule has 10 heteroatoms. The standard InChI is InChI=1S/C25H28O10/c1-13(2)32-15-8-9-16-17(10-15)33-24(30)23(22(16)31-12-14-6-4-3-5-7-14)35-25-21(29)20(28)19(27)18(11-26)34-25/h3-10,13,18-21,25-29H,11-12H2,1-2H3/t18-,19-,20+,21+,25+/m1/s1. The highest BCUT2D eigenvalue weighted by molar-refractivity contribution is 5.86. The fourth-order valence-corrected chi connectivity index (χ4v) is 3.74. The van der Waals surface area contributed by atoms with Crippen molar-refractivity contribution in [1.82, 2.24) is 0 Å². The van der Waals surface area contributed by atoms with Crippen molar-refractivity contribution in [3.05, 3.63) is 64.5 Å². The molecule has 0 spiro atoms. The maximum absolute atomic E-state index is 13.0. The fraction of sp³-hybridized carbons (Fsp3) is 0.400. The smallest absolute Gasteiger partial charge is 0.383 e. The second kappa shape index (κ2) is 10.6. The van der Waals surface area contributed by atoms with Crippen LogP contribution in [0.1, 0.15) is 19.4 Å². The molecule has 2 aromatic carbocycles. The molecule has 1 aliphatic heterocycles. The number of fused-ring (bicyclic) bond motifs is 1. The van der Waals surface area contributed by atoms with Gasteiger partial charge < -0.3 is 43.8 Å². The number of aliphatic hydroxyl groups is 4. The van der Waals surface area contributed by atoms with Crippen molar-refractivity contribution in [3.8, 4) is 17.2 Å². The first kappa shape index (κ1) is 25.0. The first-order valence-electron chi connectivity index (χ1n) is 11.2. The molecule has 188 valence electrons. The maximum Gasteiger partial charge on any atom is 0.383 e. The van der Waals surface area contributed by atoms with Gasteiger partial charge in [0.1, 0.15) is 42.4 Å². The Morgan fingerprint density at radius 2 is 1.71 bits per heavy atom. The molecule has 0 amide bonds. The van der Waals surface area contributed by atoms with Crippen molar-refractivity contribution in [2.45, 2.75) is 57.3 Å². The van der Waals surface area contributed by atoms with E-state index in [0.29, 0.717) is 11.1 Å². The van der Waals surface area contributed by atoms with E-state index in [9.17, 15) is 25.2 Å². The lowest BCUT2D eigenvalue weighted by molar-refractivity contribution is -0.278. The Bertz CT molecular complexity index is 1190. The molecule has 1 aromatic heterocycles. The lowest BCUT2D eigenvalue weighted by atomic mass is 9.99. The fourth-order valence-electron chi connectivity index (χ4n) is 3.74. The van der Waals surface area contributed by atoms with Gasteiger partial charge in [-0.3, -0.25) is 0 Å². The van der Waals surface area contributed by atoms with Gasteiger partial charge in [-0.1, -0.05) is 30.3 Å². The molecule has 35 heavy (non-hydrogen) atoms. The molecule has 0 radical (unpaired) electrons. The predicted octanol–water partition coefficient (Wildman–Crippen LogP) is 1.34. The Kier molecular flexibility index (Phi) is 7.58. The molecule has 0 unspecified atom stereocenters. The van der Waals surface area contributed by atoms with E-state index in [4.69, 9.17) is 23.4 Å². The van der Waals surface area contributed by atoms with Gasteiger partial charge in [0.05, 0.1) is 18.1 Å². The molecule has 2 heterocycles. The van der Waals surface area contributed by atoms with E-state index in [0.717, 1.165) is 5.56 Å². The average molecular weight is 488 g/mol. The van der Waals surface area contributed by atoms with Crippen molar-refractivity contribution in [2.24, 2.45) is 0 Å². The van der Waals surface area contributed by atoms with E-state index in [1.54, 1.807) is 18.2 Å². The van der Waals surface area contributed by atoms with Crippen LogP contribution >= 0.6 is 0 Å². The zero-order valence-electron chi connectivity index (χ0n) is 19.2. The molecule has 10 nitrogen and oxygen atoms in total. The highest BCUT2D eigenvalue weighted by Gasteiger charge is 2.45. The van der Waals surface area contributed by atoms with Crippen LogP contribution in [0.2, 0.25) is 0 Å². The Balaban J connectivity index is 1.74. The summed E-state index contributed by atoms with van der Waals surface area (Å²) in [5.74, 6) is 0.135. The minimum absolute atomic E-state index is 0.0353. The summed E-state index contributed by atoms with van der Waals surface area (Å²) in [5, 5.41) is 40.3. The summed E-state index contributed by atoms with van der Waals surface area (Å²) in [5.41, 5.74) is 0.101. The van der Waals surface area contributed by atoms with Crippen LogP contribution in [0, 0.1) is 0 Å². The summed E-state index contributed by atoms with van der Waals surface area (Å²) in [6.07, 6.45) is -7.86. The summed E-state index contributed by atoms with van der Waals surface area (Å²) >= 11 is 0. The minimum Gasteiger partial charge on any atom is -0.491 e. The van der Waals surface area contributed by atoms with Gasteiger partial charge in [0.25, 0.3) is 5.75 Å². The largest absolute Gasteiger partial charge is 0.491 e. The predicted molar refractivity (Wildman–Crippen MR) is 123 cm³/mol. The second-order valence-corrected chi connectivity index (χ2v) is 8.46. The van der Waals surface area contributed by atoms with Gasteiger partial charge in [-0.05, 0) is 31.5 Å². The van der Waals surface area contributed by atoms with Gasteiger partial charge >= 0.3 is 5.63 Å². The van der Waals surface area contributed by atoms with E-state index >= 15 is 0 Å². The Labute approximate surface area is 200 Å². The minimum atomic E-state index is -1.72. The lowest BCUT2D eigenvalue weighted by Gasteiger charge is -2.39. The molecule has 0 bridgehead atoms. The molecule has 5 atom stereocenters. The van der Waals surface area contributed by atoms with Gasteiger partial charge in [-0.25, -0.2) is 4.79 Å². The Hall–Kier alpha value is -3.15. The van der Waals surface area contributed by atoms with E-state index in [1.165, 1.54) is 0 Å².